The number of fused-ring (bicyclic) bond motifs is 1. The minimum absolute atomic E-state index is 0.0762. The number of carbonyl (C=O) groups excluding carboxylic acids is 1. The highest BCUT2D eigenvalue weighted by Crippen LogP contribution is 2.33. The molecular weight excluding hydrogens is 282 g/mol. The van der Waals surface area contributed by atoms with E-state index in [1.54, 1.807) is 6.20 Å². The summed E-state index contributed by atoms with van der Waals surface area (Å²) in [7, 11) is 0. The van der Waals surface area contributed by atoms with Crippen molar-refractivity contribution in [3.8, 4) is 0 Å². The van der Waals surface area contributed by atoms with Gasteiger partial charge in [-0.2, -0.15) is 0 Å². The highest BCUT2D eigenvalue weighted by Gasteiger charge is 2.24. The van der Waals surface area contributed by atoms with Crippen LogP contribution in [-0.4, -0.2) is 28.9 Å². The van der Waals surface area contributed by atoms with E-state index in [1.165, 1.54) is 24.2 Å². The van der Waals surface area contributed by atoms with Crippen LogP contribution in [0.3, 0.4) is 0 Å². The predicted octanol–water partition coefficient (Wildman–Crippen LogP) is 3.53. The molecule has 2 aromatic heterocycles. The van der Waals surface area contributed by atoms with Crippen molar-refractivity contribution < 1.29 is 4.79 Å². The molecule has 1 atom stereocenters. The molecule has 1 aliphatic rings. The normalized spacial score (nSPS) is 19.7. The number of amides is 1. The van der Waals surface area contributed by atoms with Crippen LogP contribution in [-0.2, 0) is 0 Å². The highest BCUT2D eigenvalue weighted by atomic mass is 32.1. The number of nitrogen functional groups attached to an aromatic ring is 1. The van der Waals surface area contributed by atoms with Gasteiger partial charge in [-0.1, -0.05) is 13.3 Å². The minimum Gasteiger partial charge on any atom is -0.397 e. The molecule has 0 saturated carbocycles. The molecule has 1 saturated heterocycles. The van der Waals surface area contributed by atoms with Crippen molar-refractivity contribution in [2.24, 2.45) is 5.92 Å². The zero-order valence-electron chi connectivity index (χ0n) is 12.3. The first-order chi connectivity index (χ1) is 10.2. The second-order valence-corrected chi connectivity index (χ2v) is 6.70. The molecule has 1 aliphatic heterocycles. The van der Waals surface area contributed by atoms with Crippen LogP contribution in [0.15, 0.2) is 18.3 Å². The number of anilines is 1. The van der Waals surface area contributed by atoms with Crippen LogP contribution < -0.4 is 5.73 Å². The van der Waals surface area contributed by atoms with Gasteiger partial charge in [0.1, 0.15) is 9.71 Å². The number of aromatic nitrogens is 1. The maximum atomic E-state index is 12.8. The Bertz CT molecular complexity index is 652. The number of likely N-dealkylation sites (tertiary alicyclic amines) is 1. The first-order valence-corrected chi connectivity index (χ1v) is 8.44. The lowest BCUT2D eigenvalue weighted by molar-refractivity contribution is 0.0766. The molecule has 0 aliphatic carbocycles. The lowest BCUT2D eigenvalue weighted by Crippen LogP contribution is -2.31. The SMILES string of the molecule is CCC1CCCN(C(=O)c2sc3ncccc3c2N)CC1. The van der Waals surface area contributed by atoms with Crippen LogP contribution in [0.5, 0.6) is 0 Å². The molecule has 1 amide bonds. The Kier molecular flexibility index (Phi) is 4.10. The van der Waals surface area contributed by atoms with E-state index < -0.39 is 0 Å². The Morgan fingerprint density at radius 1 is 1.48 bits per heavy atom. The van der Waals surface area contributed by atoms with E-state index >= 15 is 0 Å². The van der Waals surface area contributed by atoms with Crippen LogP contribution >= 0.6 is 11.3 Å². The third kappa shape index (κ3) is 2.75. The molecule has 21 heavy (non-hydrogen) atoms. The van der Waals surface area contributed by atoms with Gasteiger partial charge in [0.2, 0.25) is 0 Å². The summed E-state index contributed by atoms with van der Waals surface area (Å²) in [5, 5.41) is 0.895. The van der Waals surface area contributed by atoms with Crippen LogP contribution in [0.1, 0.15) is 42.3 Å². The van der Waals surface area contributed by atoms with E-state index in [0.717, 1.165) is 42.1 Å². The van der Waals surface area contributed by atoms with Gasteiger partial charge < -0.3 is 10.6 Å². The van der Waals surface area contributed by atoms with Gasteiger partial charge >= 0.3 is 0 Å². The maximum absolute atomic E-state index is 12.8. The topological polar surface area (TPSA) is 59.2 Å². The number of thiophene rings is 1. The Hall–Kier alpha value is -1.62. The average Bonchev–Trinajstić information content (AvgIpc) is 2.71. The summed E-state index contributed by atoms with van der Waals surface area (Å²) < 4.78 is 0. The summed E-state index contributed by atoms with van der Waals surface area (Å²) in [6.07, 6.45) is 6.36. The van der Waals surface area contributed by atoms with E-state index in [9.17, 15) is 4.79 Å². The van der Waals surface area contributed by atoms with Crippen molar-refractivity contribution in [3.63, 3.8) is 0 Å². The summed E-state index contributed by atoms with van der Waals surface area (Å²) >= 11 is 1.41. The molecule has 2 N–H and O–H groups in total. The average molecular weight is 303 g/mol. The van der Waals surface area contributed by atoms with E-state index in [4.69, 9.17) is 5.73 Å². The number of nitrogens with zero attached hydrogens (tertiary/aromatic N) is 2. The zero-order chi connectivity index (χ0) is 14.8. The standard InChI is InChI=1S/C16H21N3OS/c1-2-11-5-4-9-19(10-7-11)16(20)14-13(17)12-6-3-8-18-15(12)21-14/h3,6,8,11H,2,4-5,7,9-10,17H2,1H3. The molecule has 0 aromatic carbocycles. The molecule has 3 heterocycles. The Morgan fingerprint density at radius 2 is 2.33 bits per heavy atom. The van der Waals surface area contributed by atoms with E-state index in [1.807, 2.05) is 17.0 Å². The van der Waals surface area contributed by atoms with E-state index in [2.05, 4.69) is 11.9 Å². The molecule has 2 aromatic rings. The molecule has 5 heteroatoms. The van der Waals surface area contributed by atoms with Crippen LogP contribution in [0.25, 0.3) is 10.2 Å². The minimum atomic E-state index is 0.0762. The summed E-state index contributed by atoms with van der Waals surface area (Å²) in [5.74, 6) is 0.830. The van der Waals surface area contributed by atoms with Gasteiger partial charge in [0, 0.05) is 24.7 Å². The van der Waals surface area contributed by atoms with Gasteiger partial charge in [-0.15, -0.1) is 11.3 Å². The first-order valence-electron chi connectivity index (χ1n) is 7.63. The molecule has 112 valence electrons. The second-order valence-electron chi connectivity index (χ2n) is 5.70. The lowest BCUT2D eigenvalue weighted by Gasteiger charge is -2.20. The predicted molar refractivity (Wildman–Crippen MR) is 87.6 cm³/mol. The number of hydrogen-bond acceptors (Lipinski definition) is 4. The maximum Gasteiger partial charge on any atom is 0.266 e. The number of nitrogens with two attached hydrogens (primary N) is 1. The number of pyridine rings is 1. The van der Waals surface area contributed by atoms with E-state index in [-0.39, 0.29) is 5.91 Å². The Morgan fingerprint density at radius 3 is 3.10 bits per heavy atom. The van der Waals surface area contributed by atoms with E-state index in [0.29, 0.717) is 10.6 Å². The van der Waals surface area contributed by atoms with Crippen molar-refractivity contribution in [3.05, 3.63) is 23.2 Å². The van der Waals surface area contributed by atoms with Gasteiger partial charge in [0.25, 0.3) is 5.91 Å². The Labute approximate surface area is 129 Å². The van der Waals surface area contributed by atoms with Gasteiger partial charge in [0.15, 0.2) is 0 Å². The lowest BCUT2D eigenvalue weighted by atomic mass is 9.98. The number of carbonyl (C=O) groups is 1. The largest absolute Gasteiger partial charge is 0.397 e. The molecule has 0 bridgehead atoms. The van der Waals surface area contributed by atoms with Crippen molar-refractivity contribution in [1.82, 2.24) is 9.88 Å². The smallest absolute Gasteiger partial charge is 0.266 e. The summed E-state index contributed by atoms with van der Waals surface area (Å²) in [6.45, 7) is 3.92. The molecule has 0 radical (unpaired) electrons. The fourth-order valence-corrected chi connectivity index (χ4v) is 4.06. The third-order valence-electron chi connectivity index (χ3n) is 4.41. The van der Waals surface area contributed by atoms with Gasteiger partial charge in [-0.05, 0) is 37.3 Å². The van der Waals surface area contributed by atoms with Gasteiger partial charge in [-0.25, -0.2) is 4.98 Å². The quantitative estimate of drug-likeness (QED) is 0.923. The van der Waals surface area contributed by atoms with Crippen LogP contribution in [0.4, 0.5) is 5.69 Å². The molecule has 1 unspecified atom stereocenters. The summed E-state index contributed by atoms with van der Waals surface area (Å²) in [5.41, 5.74) is 6.75. The van der Waals surface area contributed by atoms with Crippen molar-refractivity contribution >= 4 is 33.1 Å². The number of hydrogen-bond donors (Lipinski definition) is 1. The second kappa shape index (κ2) is 6.02. The molecule has 3 rings (SSSR count). The molecular formula is C16H21N3OS. The fourth-order valence-electron chi connectivity index (χ4n) is 3.03. The van der Waals surface area contributed by atoms with Crippen LogP contribution in [0, 0.1) is 5.92 Å². The van der Waals surface area contributed by atoms with Crippen molar-refractivity contribution in [1.29, 1.82) is 0 Å². The molecule has 0 spiro atoms. The summed E-state index contributed by atoms with van der Waals surface area (Å²) in [6, 6.07) is 3.79. The van der Waals surface area contributed by atoms with Crippen molar-refractivity contribution in [2.45, 2.75) is 32.6 Å². The monoisotopic (exact) mass is 303 g/mol. The number of rotatable bonds is 2. The van der Waals surface area contributed by atoms with Gasteiger partial charge in [-0.3, -0.25) is 4.79 Å². The summed E-state index contributed by atoms with van der Waals surface area (Å²) in [4.78, 5) is 20.5. The fraction of sp³-hybridized carbons (Fsp3) is 0.500. The van der Waals surface area contributed by atoms with Gasteiger partial charge in [0.05, 0.1) is 5.69 Å². The highest BCUT2D eigenvalue weighted by molar-refractivity contribution is 7.21. The third-order valence-corrected chi connectivity index (χ3v) is 5.53. The first kappa shape index (κ1) is 14.3. The molecule has 4 nitrogen and oxygen atoms in total. The van der Waals surface area contributed by atoms with Crippen LogP contribution in [0.2, 0.25) is 0 Å². The zero-order valence-corrected chi connectivity index (χ0v) is 13.2. The van der Waals surface area contributed by atoms with Crippen molar-refractivity contribution in [2.75, 3.05) is 18.8 Å². The molecule has 1 fully saturated rings. The Balaban J connectivity index is 1.85.